The fraction of sp³-hybridized carbons (Fsp3) is 0.300. The van der Waals surface area contributed by atoms with Crippen molar-refractivity contribution in [2.45, 2.75) is 19.4 Å². The van der Waals surface area contributed by atoms with Gasteiger partial charge < -0.3 is 24.6 Å². The van der Waals surface area contributed by atoms with Crippen molar-refractivity contribution >= 4 is 23.5 Å². The van der Waals surface area contributed by atoms with E-state index in [0.29, 0.717) is 27.8 Å². The summed E-state index contributed by atoms with van der Waals surface area (Å²) in [6, 6.07) is 9.28. The summed E-state index contributed by atoms with van der Waals surface area (Å²) >= 11 is 5.97. The highest BCUT2D eigenvalue weighted by molar-refractivity contribution is 6.31. The summed E-state index contributed by atoms with van der Waals surface area (Å²) in [5, 5.41) is 12.5. The van der Waals surface area contributed by atoms with Crippen LogP contribution in [0.1, 0.15) is 23.6 Å². The molecule has 0 aliphatic carbocycles. The second-order valence-corrected chi connectivity index (χ2v) is 6.44. The van der Waals surface area contributed by atoms with Gasteiger partial charge >= 0.3 is 5.97 Å². The highest BCUT2D eigenvalue weighted by Gasteiger charge is 2.20. The first-order valence-corrected chi connectivity index (χ1v) is 8.84. The van der Waals surface area contributed by atoms with E-state index in [0.717, 1.165) is 5.56 Å². The number of carbonyl (C=O) groups is 2. The van der Waals surface area contributed by atoms with Gasteiger partial charge in [0.15, 0.2) is 18.1 Å². The molecule has 0 heterocycles. The number of carboxylic acids is 1. The van der Waals surface area contributed by atoms with E-state index in [9.17, 15) is 14.7 Å². The number of benzene rings is 2. The Hall–Kier alpha value is -2.93. The molecule has 2 rings (SSSR count). The van der Waals surface area contributed by atoms with Gasteiger partial charge in [0.05, 0.1) is 26.7 Å². The number of halogens is 1. The molecule has 2 N–H and O–H groups in total. The summed E-state index contributed by atoms with van der Waals surface area (Å²) in [5.74, 6) is -0.0495. The van der Waals surface area contributed by atoms with Crippen LogP contribution < -0.4 is 19.5 Å². The van der Waals surface area contributed by atoms with Crippen LogP contribution in [0.15, 0.2) is 36.4 Å². The number of hydrogen-bond donors (Lipinski definition) is 2. The van der Waals surface area contributed by atoms with E-state index < -0.39 is 17.9 Å². The molecule has 0 radical (unpaired) electrons. The maximum atomic E-state index is 12.3. The number of ether oxygens (including phenoxy) is 3. The maximum Gasteiger partial charge on any atom is 0.305 e. The third-order valence-corrected chi connectivity index (χ3v) is 4.45. The number of aryl methyl sites for hydroxylation is 1. The van der Waals surface area contributed by atoms with Gasteiger partial charge in [-0.1, -0.05) is 17.7 Å². The Morgan fingerprint density at radius 2 is 1.82 bits per heavy atom. The van der Waals surface area contributed by atoms with Crippen molar-refractivity contribution in [3.8, 4) is 17.2 Å². The van der Waals surface area contributed by atoms with Gasteiger partial charge in [-0.15, -0.1) is 0 Å². The summed E-state index contributed by atoms with van der Waals surface area (Å²) in [7, 11) is 2.98. The number of aliphatic carboxylic acids is 1. The fourth-order valence-electron chi connectivity index (χ4n) is 2.59. The lowest BCUT2D eigenvalue weighted by atomic mass is 10.0. The topological polar surface area (TPSA) is 94.1 Å². The third kappa shape index (κ3) is 5.79. The summed E-state index contributed by atoms with van der Waals surface area (Å²) in [4.78, 5) is 23.5. The molecule has 0 fully saturated rings. The Morgan fingerprint density at radius 3 is 2.43 bits per heavy atom. The molecular formula is C20H22ClNO6. The van der Waals surface area contributed by atoms with Gasteiger partial charge in [-0.3, -0.25) is 9.59 Å². The van der Waals surface area contributed by atoms with Crippen molar-refractivity contribution in [3.63, 3.8) is 0 Å². The lowest BCUT2D eigenvalue weighted by Gasteiger charge is -2.19. The molecule has 1 atom stereocenters. The molecule has 0 aliphatic rings. The van der Waals surface area contributed by atoms with Crippen molar-refractivity contribution in [3.05, 3.63) is 52.5 Å². The van der Waals surface area contributed by atoms with Crippen LogP contribution >= 0.6 is 11.6 Å². The van der Waals surface area contributed by atoms with Crippen LogP contribution in [0.5, 0.6) is 17.2 Å². The quantitative estimate of drug-likeness (QED) is 0.661. The van der Waals surface area contributed by atoms with E-state index in [1.807, 2.05) is 6.92 Å². The first-order chi connectivity index (χ1) is 13.3. The van der Waals surface area contributed by atoms with Gasteiger partial charge in [-0.05, 0) is 48.4 Å². The minimum atomic E-state index is -1.05. The Labute approximate surface area is 168 Å². The standard InChI is InChI=1S/C20H22ClNO6/c1-12-8-14(5-6-15(12)21)28-11-19(23)22-16(10-20(24)25)13-4-7-17(26-2)18(9-13)27-3/h4-9,16H,10-11H2,1-3H3,(H,22,23)(H,24,25)/t16-/m0/s1. The molecule has 7 nitrogen and oxygen atoms in total. The number of rotatable bonds is 9. The molecule has 1 amide bonds. The van der Waals surface area contributed by atoms with E-state index in [1.54, 1.807) is 36.4 Å². The van der Waals surface area contributed by atoms with Crippen molar-refractivity contribution in [1.82, 2.24) is 5.32 Å². The molecule has 150 valence electrons. The Balaban J connectivity index is 2.09. The van der Waals surface area contributed by atoms with Crippen LogP contribution in [0.3, 0.4) is 0 Å². The summed E-state index contributed by atoms with van der Waals surface area (Å²) < 4.78 is 15.9. The lowest BCUT2D eigenvalue weighted by Crippen LogP contribution is -2.33. The molecule has 2 aromatic carbocycles. The van der Waals surface area contributed by atoms with Crippen LogP contribution in [0.4, 0.5) is 0 Å². The lowest BCUT2D eigenvalue weighted by molar-refractivity contribution is -0.137. The Morgan fingerprint density at radius 1 is 1.11 bits per heavy atom. The molecule has 0 saturated carbocycles. The van der Waals surface area contributed by atoms with Gasteiger partial charge in [-0.25, -0.2) is 0 Å². The molecule has 0 saturated heterocycles. The van der Waals surface area contributed by atoms with Crippen LogP contribution in [0, 0.1) is 6.92 Å². The van der Waals surface area contributed by atoms with Gasteiger partial charge in [0.2, 0.25) is 0 Å². The number of methoxy groups -OCH3 is 2. The zero-order chi connectivity index (χ0) is 20.7. The van der Waals surface area contributed by atoms with Gasteiger partial charge in [0.1, 0.15) is 5.75 Å². The van der Waals surface area contributed by atoms with Crippen molar-refractivity contribution < 1.29 is 28.9 Å². The predicted octanol–water partition coefficient (Wildman–Crippen LogP) is 3.38. The van der Waals surface area contributed by atoms with E-state index in [1.165, 1.54) is 14.2 Å². The van der Waals surface area contributed by atoms with Gasteiger partial charge in [0.25, 0.3) is 5.91 Å². The van der Waals surface area contributed by atoms with Gasteiger partial charge in [-0.2, -0.15) is 0 Å². The number of nitrogens with one attached hydrogen (secondary N) is 1. The van der Waals surface area contributed by atoms with Crippen LogP contribution in [0.2, 0.25) is 5.02 Å². The highest BCUT2D eigenvalue weighted by Crippen LogP contribution is 2.31. The monoisotopic (exact) mass is 407 g/mol. The van der Waals surface area contributed by atoms with E-state index in [-0.39, 0.29) is 13.0 Å². The average molecular weight is 408 g/mol. The molecular weight excluding hydrogens is 386 g/mol. The van der Waals surface area contributed by atoms with Crippen molar-refractivity contribution in [2.24, 2.45) is 0 Å². The van der Waals surface area contributed by atoms with Crippen LogP contribution in [-0.4, -0.2) is 37.8 Å². The second kappa shape index (κ2) is 9.85. The van der Waals surface area contributed by atoms with Crippen molar-refractivity contribution in [2.75, 3.05) is 20.8 Å². The van der Waals surface area contributed by atoms with E-state index >= 15 is 0 Å². The Kier molecular flexibility index (Phi) is 7.52. The maximum absolute atomic E-state index is 12.3. The van der Waals surface area contributed by atoms with E-state index in [2.05, 4.69) is 5.32 Å². The summed E-state index contributed by atoms with van der Waals surface area (Å²) in [5.41, 5.74) is 1.41. The first kappa shape index (κ1) is 21.4. The average Bonchev–Trinajstić information content (AvgIpc) is 2.67. The third-order valence-electron chi connectivity index (χ3n) is 4.02. The zero-order valence-corrected chi connectivity index (χ0v) is 16.6. The Bertz CT molecular complexity index is 855. The smallest absolute Gasteiger partial charge is 0.305 e. The molecule has 8 heteroatoms. The normalized spacial score (nSPS) is 11.4. The molecule has 0 aliphatic heterocycles. The van der Waals surface area contributed by atoms with E-state index in [4.69, 9.17) is 25.8 Å². The van der Waals surface area contributed by atoms with Crippen LogP contribution in [0.25, 0.3) is 0 Å². The molecule has 2 aromatic rings. The first-order valence-electron chi connectivity index (χ1n) is 8.46. The molecule has 0 aromatic heterocycles. The predicted molar refractivity (Wildman–Crippen MR) is 104 cm³/mol. The summed E-state index contributed by atoms with van der Waals surface area (Å²) in [6.07, 6.45) is -0.290. The molecule has 0 bridgehead atoms. The van der Waals surface area contributed by atoms with Crippen molar-refractivity contribution in [1.29, 1.82) is 0 Å². The zero-order valence-electron chi connectivity index (χ0n) is 15.8. The molecule has 28 heavy (non-hydrogen) atoms. The number of carbonyl (C=O) groups excluding carboxylic acids is 1. The SMILES string of the molecule is COc1ccc([C@H](CC(=O)O)NC(=O)COc2ccc(Cl)c(C)c2)cc1OC. The minimum Gasteiger partial charge on any atom is -0.493 e. The highest BCUT2D eigenvalue weighted by atomic mass is 35.5. The fourth-order valence-corrected chi connectivity index (χ4v) is 2.71. The number of carboxylic acid groups (broad SMARTS) is 1. The largest absolute Gasteiger partial charge is 0.493 e. The second-order valence-electron chi connectivity index (χ2n) is 6.03. The minimum absolute atomic E-state index is 0.259. The number of amides is 1. The van der Waals surface area contributed by atoms with Gasteiger partial charge in [0, 0.05) is 5.02 Å². The summed E-state index contributed by atoms with van der Waals surface area (Å²) in [6.45, 7) is 1.57. The molecule has 0 unspecified atom stereocenters. The van der Waals surface area contributed by atoms with Crippen LogP contribution in [-0.2, 0) is 9.59 Å². The number of hydrogen-bond acceptors (Lipinski definition) is 5. The molecule has 0 spiro atoms.